The molecule has 1 aromatic rings. The summed E-state index contributed by atoms with van der Waals surface area (Å²) in [5, 5.41) is 10.3. The van der Waals surface area contributed by atoms with Crippen molar-refractivity contribution in [1.82, 2.24) is 0 Å². The zero-order valence-electron chi connectivity index (χ0n) is 13.6. The molecule has 2 heteroatoms. The first kappa shape index (κ1) is 14.9. The minimum Gasteiger partial charge on any atom is -0.489 e. The molecular formula is C19H28O2. The van der Waals surface area contributed by atoms with Crippen LogP contribution in [0.15, 0.2) is 18.2 Å². The largest absolute Gasteiger partial charge is 0.489 e. The van der Waals surface area contributed by atoms with E-state index in [1.807, 2.05) is 0 Å². The summed E-state index contributed by atoms with van der Waals surface area (Å²) in [7, 11) is 0. The second kappa shape index (κ2) is 5.64. The maximum absolute atomic E-state index is 10.3. The van der Waals surface area contributed by atoms with Crippen LogP contribution in [-0.4, -0.2) is 17.3 Å². The van der Waals surface area contributed by atoms with Crippen LogP contribution >= 0.6 is 0 Å². The number of benzene rings is 1. The Bertz CT molecular complexity index is 500. The maximum atomic E-state index is 10.3. The molecule has 0 saturated heterocycles. The van der Waals surface area contributed by atoms with Gasteiger partial charge in [-0.2, -0.15) is 0 Å². The fourth-order valence-corrected chi connectivity index (χ4v) is 4.13. The topological polar surface area (TPSA) is 29.5 Å². The molecule has 2 aliphatic rings. The van der Waals surface area contributed by atoms with Gasteiger partial charge in [0.1, 0.15) is 11.9 Å². The average Bonchev–Trinajstić information content (AvgIpc) is 2.47. The summed E-state index contributed by atoms with van der Waals surface area (Å²) in [6.07, 6.45) is 6.88. The molecule has 21 heavy (non-hydrogen) atoms. The molecule has 2 aliphatic carbocycles. The standard InChI is InChI=1S/C19H28O2/c1-13(2)15-8-7-14(3)11-16(15)21-18-12-17(20)19(18)9-5-4-6-10-19/h7-8,11,13,17-18,20H,4-6,9-10,12H2,1-3H3. The van der Waals surface area contributed by atoms with Crippen LogP contribution in [0.25, 0.3) is 0 Å². The van der Waals surface area contributed by atoms with Crippen molar-refractivity contribution in [3.8, 4) is 5.75 Å². The second-order valence-corrected chi connectivity index (χ2v) is 7.35. The lowest BCUT2D eigenvalue weighted by Crippen LogP contribution is -2.60. The summed E-state index contributed by atoms with van der Waals surface area (Å²) in [6, 6.07) is 6.52. The van der Waals surface area contributed by atoms with Gasteiger partial charge in [0.25, 0.3) is 0 Å². The third-order valence-electron chi connectivity index (χ3n) is 5.59. The number of aliphatic hydroxyl groups is 1. The normalized spacial score (nSPS) is 27.7. The summed E-state index contributed by atoms with van der Waals surface area (Å²) in [5.41, 5.74) is 2.57. The van der Waals surface area contributed by atoms with Crippen molar-refractivity contribution in [2.75, 3.05) is 0 Å². The van der Waals surface area contributed by atoms with Crippen molar-refractivity contribution in [1.29, 1.82) is 0 Å². The van der Waals surface area contributed by atoms with Gasteiger partial charge in [0.05, 0.1) is 6.10 Å². The van der Waals surface area contributed by atoms with E-state index in [0.717, 1.165) is 25.0 Å². The van der Waals surface area contributed by atoms with Crippen LogP contribution in [0.3, 0.4) is 0 Å². The Balaban J connectivity index is 1.82. The number of rotatable bonds is 3. The number of hydrogen-bond donors (Lipinski definition) is 1. The molecule has 3 rings (SSSR count). The summed E-state index contributed by atoms with van der Waals surface area (Å²) < 4.78 is 6.43. The molecule has 2 nitrogen and oxygen atoms in total. The number of aryl methyl sites for hydroxylation is 1. The molecule has 0 aromatic heterocycles. The zero-order chi connectivity index (χ0) is 15.0. The molecule has 0 amide bonds. The predicted molar refractivity (Wildman–Crippen MR) is 85.8 cm³/mol. The molecule has 0 bridgehead atoms. The Labute approximate surface area is 128 Å². The number of ether oxygens (including phenoxy) is 1. The van der Waals surface area contributed by atoms with Crippen molar-refractivity contribution in [3.63, 3.8) is 0 Å². The van der Waals surface area contributed by atoms with Crippen LogP contribution in [0.5, 0.6) is 5.75 Å². The third kappa shape index (κ3) is 2.59. The first-order valence-electron chi connectivity index (χ1n) is 8.48. The van der Waals surface area contributed by atoms with Gasteiger partial charge in [0.15, 0.2) is 0 Å². The van der Waals surface area contributed by atoms with E-state index in [2.05, 4.69) is 39.0 Å². The van der Waals surface area contributed by atoms with Gasteiger partial charge >= 0.3 is 0 Å². The minimum absolute atomic E-state index is 0.0379. The van der Waals surface area contributed by atoms with Crippen molar-refractivity contribution < 1.29 is 9.84 Å². The lowest BCUT2D eigenvalue weighted by molar-refractivity contribution is -0.172. The van der Waals surface area contributed by atoms with E-state index in [-0.39, 0.29) is 17.6 Å². The molecule has 0 aliphatic heterocycles. The highest BCUT2D eigenvalue weighted by molar-refractivity contribution is 5.39. The van der Waals surface area contributed by atoms with Gasteiger partial charge in [-0.05, 0) is 42.9 Å². The molecule has 116 valence electrons. The Hall–Kier alpha value is -1.02. The SMILES string of the molecule is Cc1ccc(C(C)C)c(OC2CC(O)C23CCCCC3)c1. The molecule has 2 atom stereocenters. The minimum atomic E-state index is -0.157. The smallest absolute Gasteiger partial charge is 0.123 e. The number of hydrogen-bond acceptors (Lipinski definition) is 2. The van der Waals surface area contributed by atoms with Crippen molar-refractivity contribution in [2.24, 2.45) is 5.41 Å². The van der Waals surface area contributed by atoms with Gasteiger partial charge in [-0.1, -0.05) is 45.2 Å². The molecule has 0 heterocycles. The van der Waals surface area contributed by atoms with Gasteiger partial charge in [-0.3, -0.25) is 0 Å². The van der Waals surface area contributed by atoms with Gasteiger partial charge in [0.2, 0.25) is 0 Å². The monoisotopic (exact) mass is 288 g/mol. The van der Waals surface area contributed by atoms with Gasteiger partial charge in [-0.15, -0.1) is 0 Å². The van der Waals surface area contributed by atoms with Crippen LogP contribution < -0.4 is 4.74 Å². The van der Waals surface area contributed by atoms with E-state index in [4.69, 9.17) is 4.74 Å². The Morgan fingerprint density at radius 1 is 1.19 bits per heavy atom. The van der Waals surface area contributed by atoms with Crippen molar-refractivity contribution in [2.45, 2.75) is 77.4 Å². The van der Waals surface area contributed by atoms with Crippen LogP contribution in [0, 0.1) is 12.3 Å². The molecule has 2 saturated carbocycles. The van der Waals surface area contributed by atoms with E-state index in [1.54, 1.807) is 0 Å². The van der Waals surface area contributed by atoms with Crippen LogP contribution in [-0.2, 0) is 0 Å². The second-order valence-electron chi connectivity index (χ2n) is 7.35. The summed E-state index contributed by atoms with van der Waals surface area (Å²) in [4.78, 5) is 0. The van der Waals surface area contributed by atoms with E-state index in [0.29, 0.717) is 5.92 Å². The van der Waals surface area contributed by atoms with Gasteiger partial charge in [0, 0.05) is 11.8 Å². The van der Waals surface area contributed by atoms with E-state index >= 15 is 0 Å². The van der Waals surface area contributed by atoms with E-state index in [9.17, 15) is 5.11 Å². The highest BCUT2D eigenvalue weighted by Gasteiger charge is 2.56. The molecule has 2 fully saturated rings. The first-order valence-corrected chi connectivity index (χ1v) is 8.48. The third-order valence-corrected chi connectivity index (χ3v) is 5.59. The predicted octanol–water partition coefficient (Wildman–Crippen LogP) is 4.58. The summed E-state index contributed by atoms with van der Waals surface area (Å²) in [5.74, 6) is 1.50. The average molecular weight is 288 g/mol. The highest BCUT2D eigenvalue weighted by atomic mass is 16.5. The maximum Gasteiger partial charge on any atom is 0.123 e. The fraction of sp³-hybridized carbons (Fsp3) is 0.684. The van der Waals surface area contributed by atoms with Crippen LogP contribution in [0.2, 0.25) is 0 Å². The zero-order valence-corrected chi connectivity index (χ0v) is 13.6. The van der Waals surface area contributed by atoms with E-state index in [1.165, 1.54) is 30.4 Å². The Morgan fingerprint density at radius 2 is 1.90 bits per heavy atom. The molecule has 0 radical (unpaired) electrons. The van der Waals surface area contributed by atoms with Crippen LogP contribution in [0.4, 0.5) is 0 Å². The fourth-order valence-electron chi connectivity index (χ4n) is 4.13. The molecule has 1 N–H and O–H groups in total. The lowest BCUT2D eigenvalue weighted by Gasteiger charge is -2.55. The van der Waals surface area contributed by atoms with Crippen molar-refractivity contribution >= 4 is 0 Å². The quantitative estimate of drug-likeness (QED) is 0.882. The first-order chi connectivity index (χ1) is 10.0. The van der Waals surface area contributed by atoms with E-state index < -0.39 is 0 Å². The van der Waals surface area contributed by atoms with Gasteiger partial charge < -0.3 is 9.84 Å². The van der Waals surface area contributed by atoms with Gasteiger partial charge in [-0.25, -0.2) is 0 Å². The van der Waals surface area contributed by atoms with Crippen LogP contribution in [0.1, 0.15) is 69.4 Å². The van der Waals surface area contributed by atoms with Crippen molar-refractivity contribution in [3.05, 3.63) is 29.3 Å². The molecule has 2 unspecified atom stereocenters. The molecule has 1 spiro atoms. The summed E-state index contributed by atoms with van der Waals surface area (Å²) in [6.45, 7) is 6.54. The summed E-state index contributed by atoms with van der Waals surface area (Å²) >= 11 is 0. The highest BCUT2D eigenvalue weighted by Crippen LogP contribution is 2.53. The molecule has 1 aromatic carbocycles. The molecular weight excluding hydrogens is 260 g/mol. The Kier molecular flexibility index (Phi) is 4.00. The Morgan fingerprint density at radius 3 is 2.52 bits per heavy atom. The number of aliphatic hydroxyl groups excluding tert-OH is 1. The lowest BCUT2D eigenvalue weighted by atomic mass is 9.56.